The molecule has 2 aromatic heterocycles. The van der Waals surface area contributed by atoms with Crippen molar-refractivity contribution in [3.8, 4) is 5.75 Å². The van der Waals surface area contributed by atoms with Gasteiger partial charge in [-0.1, -0.05) is 6.07 Å². The number of hydrogen-bond donors (Lipinski definition) is 1. The Morgan fingerprint density at radius 2 is 2.04 bits per heavy atom. The van der Waals surface area contributed by atoms with Crippen LogP contribution in [0.15, 0.2) is 30.6 Å². The highest BCUT2D eigenvalue weighted by molar-refractivity contribution is 5.81. The highest BCUT2D eigenvalue weighted by Crippen LogP contribution is 2.30. The number of nitrogens with zero attached hydrogens (tertiary/aromatic N) is 4. The summed E-state index contributed by atoms with van der Waals surface area (Å²) < 4.78 is 60.8. The predicted molar refractivity (Wildman–Crippen MR) is 87.0 cm³/mol. The second-order valence-electron chi connectivity index (χ2n) is 5.59. The lowest BCUT2D eigenvalue weighted by atomic mass is 10.1. The number of carbonyl (C=O) groups excluding carboxylic acids is 1. The first-order chi connectivity index (χ1) is 13.2. The lowest BCUT2D eigenvalue weighted by Gasteiger charge is -2.20. The van der Waals surface area contributed by atoms with Crippen LogP contribution in [-0.2, 0) is 9.53 Å². The van der Waals surface area contributed by atoms with Gasteiger partial charge in [0.15, 0.2) is 17.6 Å². The van der Waals surface area contributed by atoms with Crippen molar-refractivity contribution in [3.63, 3.8) is 0 Å². The third-order valence-corrected chi connectivity index (χ3v) is 3.62. The van der Waals surface area contributed by atoms with Crippen molar-refractivity contribution in [1.29, 1.82) is 0 Å². The number of anilines is 1. The van der Waals surface area contributed by atoms with E-state index in [9.17, 15) is 22.4 Å². The van der Waals surface area contributed by atoms with Gasteiger partial charge in [0.1, 0.15) is 12.1 Å². The SMILES string of the molecule is COC(=O)C(Nc1cc(C)nc2ncnn12)c1ccc(F)c(OC(F)(F)F)c1. The summed E-state index contributed by atoms with van der Waals surface area (Å²) in [5.41, 5.74) is 0.530. The van der Waals surface area contributed by atoms with E-state index in [4.69, 9.17) is 4.74 Å². The lowest BCUT2D eigenvalue weighted by Crippen LogP contribution is -2.24. The zero-order valence-electron chi connectivity index (χ0n) is 14.5. The van der Waals surface area contributed by atoms with E-state index in [1.807, 2.05) is 0 Å². The molecular weight excluding hydrogens is 386 g/mol. The van der Waals surface area contributed by atoms with Gasteiger partial charge in [0.25, 0.3) is 5.78 Å². The molecule has 0 spiro atoms. The Labute approximate surface area is 155 Å². The van der Waals surface area contributed by atoms with E-state index >= 15 is 0 Å². The molecule has 0 aliphatic heterocycles. The Bertz CT molecular complexity index is 1020. The molecule has 1 atom stereocenters. The van der Waals surface area contributed by atoms with E-state index in [0.717, 1.165) is 25.3 Å². The van der Waals surface area contributed by atoms with Gasteiger partial charge in [-0.05, 0) is 24.6 Å². The molecule has 8 nitrogen and oxygen atoms in total. The number of alkyl halides is 3. The van der Waals surface area contributed by atoms with Gasteiger partial charge >= 0.3 is 12.3 Å². The number of nitrogens with one attached hydrogen (secondary N) is 1. The predicted octanol–water partition coefficient (Wildman–Crippen LogP) is 2.80. The molecule has 0 amide bonds. The van der Waals surface area contributed by atoms with E-state index in [0.29, 0.717) is 5.69 Å². The minimum atomic E-state index is -5.09. The van der Waals surface area contributed by atoms with Crippen LogP contribution in [0.4, 0.5) is 23.4 Å². The van der Waals surface area contributed by atoms with E-state index in [2.05, 4.69) is 25.1 Å². The summed E-state index contributed by atoms with van der Waals surface area (Å²) in [5.74, 6) is -2.61. The van der Waals surface area contributed by atoms with Crippen LogP contribution in [0.3, 0.4) is 0 Å². The monoisotopic (exact) mass is 399 g/mol. The Kier molecular flexibility index (Phi) is 5.03. The van der Waals surface area contributed by atoms with Crippen LogP contribution in [-0.4, -0.2) is 39.0 Å². The summed E-state index contributed by atoms with van der Waals surface area (Å²) in [6.07, 6.45) is -3.85. The normalized spacial score (nSPS) is 12.6. The third kappa shape index (κ3) is 4.10. The van der Waals surface area contributed by atoms with Crippen LogP contribution < -0.4 is 10.1 Å². The molecule has 0 radical (unpaired) electrons. The standard InChI is InChI=1S/C16H13F4N5O3/c1-8-5-12(25-15(23-8)21-7-22-25)24-13(14(26)27-2)9-3-4-10(17)11(6-9)28-16(18,19)20/h3-7,13,24H,1-2H3. The average Bonchev–Trinajstić information content (AvgIpc) is 3.08. The summed E-state index contributed by atoms with van der Waals surface area (Å²) in [5, 5.41) is 6.78. The molecule has 12 heteroatoms. The number of benzene rings is 1. The molecule has 2 heterocycles. The number of fused-ring (bicyclic) bond motifs is 1. The van der Waals surface area contributed by atoms with Gasteiger partial charge in [-0.2, -0.15) is 14.6 Å². The number of aryl methyl sites for hydroxylation is 1. The second-order valence-corrected chi connectivity index (χ2v) is 5.59. The Hall–Kier alpha value is -3.44. The molecule has 0 bridgehead atoms. The minimum absolute atomic E-state index is 0.0183. The first kappa shape index (κ1) is 19.3. The first-order valence-corrected chi connectivity index (χ1v) is 7.75. The smallest absolute Gasteiger partial charge is 0.467 e. The highest BCUT2D eigenvalue weighted by Gasteiger charge is 2.33. The fraction of sp³-hybridized carbons (Fsp3) is 0.250. The van der Waals surface area contributed by atoms with Crippen LogP contribution in [0, 0.1) is 12.7 Å². The largest absolute Gasteiger partial charge is 0.573 e. The zero-order chi connectivity index (χ0) is 20.5. The topological polar surface area (TPSA) is 90.6 Å². The van der Waals surface area contributed by atoms with Crippen molar-refractivity contribution in [2.45, 2.75) is 19.3 Å². The fourth-order valence-corrected chi connectivity index (χ4v) is 2.48. The van der Waals surface area contributed by atoms with Crippen molar-refractivity contribution in [3.05, 3.63) is 47.7 Å². The molecule has 0 fully saturated rings. The van der Waals surface area contributed by atoms with Gasteiger partial charge in [-0.15, -0.1) is 13.2 Å². The molecule has 0 aliphatic carbocycles. The van der Waals surface area contributed by atoms with Crippen molar-refractivity contribution in [2.75, 3.05) is 12.4 Å². The van der Waals surface area contributed by atoms with Gasteiger partial charge < -0.3 is 14.8 Å². The Morgan fingerprint density at radius 1 is 1.29 bits per heavy atom. The van der Waals surface area contributed by atoms with Crippen molar-refractivity contribution in [2.24, 2.45) is 0 Å². The van der Waals surface area contributed by atoms with Gasteiger partial charge in [0.05, 0.1) is 7.11 Å². The third-order valence-electron chi connectivity index (χ3n) is 3.62. The van der Waals surface area contributed by atoms with Crippen LogP contribution in [0.25, 0.3) is 5.78 Å². The molecule has 0 aliphatic rings. The van der Waals surface area contributed by atoms with E-state index in [-0.39, 0.29) is 17.2 Å². The van der Waals surface area contributed by atoms with Crippen LogP contribution >= 0.6 is 0 Å². The summed E-state index contributed by atoms with van der Waals surface area (Å²) in [6, 6.07) is 2.94. The molecule has 1 aromatic carbocycles. The highest BCUT2D eigenvalue weighted by atomic mass is 19.4. The molecule has 0 saturated carbocycles. The lowest BCUT2D eigenvalue weighted by molar-refractivity contribution is -0.275. The van der Waals surface area contributed by atoms with Gasteiger partial charge in [0.2, 0.25) is 0 Å². The molecule has 3 rings (SSSR count). The van der Waals surface area contributed by atoms with Gasteiger partial charge in [-0.3, -0.25) is 0 Å². The minimum Gasteiger partial charge on any atom is -0.467 e. The summed E-state index contributed by atoms with van der Waals surface area (Å²) >= 11 is 0. The number of methoxy groups -OCH3 is 1. The summed E-state index contributed by atoms with van der Waals surface area (Å²) in [6.45, 7) is 1.68. The maximum atomic E-state index is 13.7. The number of esters is 1. The molecule has 148 valence electrons. The molecule has 3 aromatic rings. The second kappa shape index (κ2) is 7.29. The van der Waals surface area contributed by atoms with E-state index < -0.39 is 29.9 Å². The van der Waals surface area contributed by atoms with Crippen molar-refractivity contribution in [1.82, 2.24) is 19.6 Å². The molecule has 28 heavy (non-hydrogen) atoms. The number of ether oxygens (including phenoxy) is 2. The molecule has 1 N–H and O–H groups in total. The number of hydrogen-bond acceptors (Lipinski definition) is 7. The van der Waals surface area contributed by atoms with E-state index in [1.165, 1.54) is 10.8 Å². The number of rotatable bonds is 5. The Balaban J connectivity index is 2.02. The Morgan fingerprint density at radius 3 is 2.71 bits per heavy atom. The van der Waals surface area contributed by atoms with Crippen molar-refractivity contribution >= 4 is 17.6 Å². The molecule has 0 saturated heterocycles. The summed E-state index contributed by atoms with van der Waals surface area (Å²) in [7, 11) is 1.11. The van der Waals surface area contributed by atoms with Crippen LogP contribution in [0.1, 0.15) is 17.3 Å². The number of carbonyl (C=O) groups is 1. The quantitative estimate of drug-likeness (QED) is 0.521. The summed E-state index contributed by atoms with van der Waals surface area (Å²) in [4.78, 5) is 20.3. The average molecular weight is 399 g/mol. The van der Waals surface area contributed by atoms with Crippen molar-refractivity contribution < 1.29 is 31.8 Å². The molecular formula is C16H13F4N5O3. The zero-order valence-corrected chi connectivity index (χ0v) is 14.5. The van der Waals surface area contributed by atoms with Crippen LogP contribution in [0.5, 0.6) is 5.75 Å². The van der Waals surface area contributed by atoms with Gasteiger partial charge in [0, 0.05) is 11.8 Å². The molecule has 1 unspecified atom stereocenters. The van der Waals surface area contributed by atoms with Crippen LogP contribution in [0.2, 0.25) is 0 Å². The van der Waals surface area contributed by atoms with E-state index in [1.54, 1.807) is 13.0 Å². The maximum Gasteiger partial charge on any atom is 0.573 e. The maximum absolute atomic E-state index is 13.7. The fourth-order valence-electron chi connectivity index (χ4n) is 2.48. The number of aromatic nitrogens is 4. The number of halogens is 4. The van der Waals surface area contributed by atoms with Gasteiger partial charge in [-0.25, -0.2) is 14.2 Å². The first-order valence-electron chi connectivity index (χ1n) is 7.75.